The van der Waals surface area contributed by atoms with Crippen LogP contribution in [0.3, 0.4) is 0 Å². The number of halogens is 1. The van der Waals surface area contributed by atoms with Crippen molar-refractivity contribution in [3.05, 3.63) is 38.9 Å². The van der Waals surface area contributed by atoms with Crippen LogP contribution in [-0.4, -0.2) is 19.3 Å². The number of rotatable bonds is 6. The molecule has 2 rings (SSSR count). The van der Waals surface area contributed by atoms with Gasteiger partial charge >= 0.3 is 0 Å². The van der Waals surface area contributed by atoms with E-state index < -0.39 is 10.0 Å². The van der Waals surface area contributed by atoms with Gasteiger partial charge in [-0.15, -0.1) is 11.3 Å². The van der Waals surface area contributed by atoms with Crippen molar-refractivity contribution >= 4 is 44.3 Å². The molecular formula is C12H14ClNO2S3. The Labute approximate surface area is 126 Å². The highest BCUT2D eigenvalue weighted by atomic mass is 35.5. The molecule has 0 atom stereocenters. The zero-order valence-corrected chi connectivity index (χ0v) is 13.6. The molecule has 2 aromatic heterocycles. The van der Waals surface area contributed by atoms with Crippen LogP contribution < -0.4 is 0 Å². The van der Waals surface area contributed by atoms with Crippen LogP contribution in [0.25, 0.3) is 0 Å². The maximum atomic E-state index is 12.5. The Morgan fingerprint density at radius 2 is 2.11 bits per heavy atom. The fourth-order valence-electron chi connectivity index (χ4n) is 1.68. The van der Waals surface area contributed by atoms with Crippen LogP contribution in [0, 0.1) is 0 Å². The van der Waals surface area contributed by atoms with Gasteiger partial charge in [0.15, 0.2) is 0 Å². The van der Waals surface area contributed by atoms with E-state index in [1.807, 2.05) is 23.8 Å². The zero-order valence-electron chi connectivity index (χ0n) is 10.4. The van der Waals surface area contributed by atoms with Crippen LogP contribution in [0.2, 0.25) is 4.34 Å². The Morgan fingerprint density at radius 3 is 2.63 bits per heavy atom. The lowest BCUT2D eigenvalue weighted by Crippen LogP contribution is -2.30. The third kappa shape index (κ3) is 3.58. The van der Waals surface area contributed by atoms with Gasteiger partial charge in [-0.05, 0) is 40.9 Å². The number of hydrogen-bond acceptors (Lipinski definition) is 4. The van der Waals surface area contributed by atoms with E-state index in [4.69, 9.17) is 11.6 Å². The van der Waals surface area contributed by atoms with Crippen LogP contribution in [0.15, 0.2) is 33.2 Å². The highest BCUT2D eigenvalue weighted by Crippen LogP contribution is 2.29. The third-order valence-corrected chi connectivity index (χ3v) is 6.83. The first-order valence-electron chi connectivity index (χ1n) is 5.80. The molecule has 3 nitrogen and oxygen atoms in total. The second kappa shape index (κ2) is 6.37. The van der Waals surface area contributed by atoms with E-state index in [2.05, 4.69) is 0 Å². The summed E-state index contributed by atoms with van der Waals surface area (Å²) in [7, 11) is -3.45. The molecule has 0 saturated heterocycles. The molecule has 0 N–H and O–H groups in total. The van der Waals surface area contributed by atoms with Gasteiger partial charge in [0.25, 0.3) is 10.0 Å². The van der Waals surface area contributed by atoms with Gasteiger partial charge < -0.3 is 0 Å². The lowest BCUT2D eigenvalue weighted by molar-refractivity contribution is 0.407. The smallest absolute Gasteiger partial charge is 0.206 e. The Hall–Kier alpha value is -0.400. The van der Waals surface area contributed by atoms with Crippen LogP contribution in [0.1, 0.15) is 18.9 Å². The lowest BCUT2D eigenvalue weighted by Gasteiger charge is -2.20. The van der Waals surface area contributed by atoms with Crippen molar-refractivity contribution in [3.8, 4) is 0 Å². The summed E-state index contributed by atoms with van der Waals surface area (Å²) in [5, 5.41) is 3.92. The monoisotopic (exact) mass is 335 g/mol. The van der Waals surface area contributed by atoms with Crippen LogP contribution in [-0.2, 0) is 16.6 Å². The molecule has 0 aliphatic heterocycles. The number of nitrogens with zero attached hydrogens (tertiary/aromatic N) is 1. The summed E-state index contributed by atoms with van der Waals surface area (Å²) in [6, 6.07) is 5.14. The van der Waals surface area contributed by atoms with Gasteiger partial charge in [-0.2, -0.15) is 15.6 Å². The molecule has 2 aromatic rings. The summed E-state index contributed by atoms with van der Waals surface area (Å²) >= 11 is 8.50. The van der Waals surface area contributed by atoms with E-state index in [1.165, 1.54) is 4.31 Å². The normalized spacial score (nSPS) is 12.2. The summed E-state index contributed by atoms with van der Waals surface area (Å²) in [5.74, 6) is 0. The Morgan fingerprint density at radius 1 is 1.32 bits per heavy atom. The molecule has 0 radical (unpaired) electrons. The zero-order chi connectivity index (χ0) is 13.9. The summed E-state index contributed by atoms with van der Waals surface area (Å²) < 4.78 is 27.4. The standard InChI is InChI=1S/C12H14ClNO2S3/c1-2-6-14(8-10-5-7-17-9-10)19(15,16)12-4-3-11(13)18-12/h3-5,7,9H,2,6,8H2,1H3. The van der Waals surface area contributed by atoms with E-state index in [0.29, 0.717) is 21.6 Å². The first-order valence-corrected chi connectivity index (χ1v) is 9.38. The molecule has 104 valence electrons. The summed E-state index contributed by atoms with van der Waals surface area (Å²) in [6.07, 6.45) is 0.780. The molecule has 0 fully saturated rings. The molecule has 0 aliphatic rings. The average Bonchev–Trinajstić information content (AvgIpc) is 3.00. The molecular weight excluding hydrogens is 322 g/mol. The molecule has 0 aliphatic carbocycles. The first kappa shape index (κ1) is 15.0. The van der Waals surface area contributed by atoms with E-state index in [9.17, 15) is 8.42 Å². The van der Waals surface area contributed by atoms with E-state index in [0.717, 1.165) is 23.3 Å². The quantitative estimate of drug-likeness (QED) is 0.798. The minimum Gasteiger partial charge on any atom is -0.206 e. The number of thiophene rings is 2. The molecule has 0 spiro atoms. The van der Waals surface area contributed by atoms with Crippen molar-refractivity contribution in [2.75, 3.05) is 6.54 Å². The van der Waals surface area contributed by atoms with Crippen molar-refractivity contribution in [1.29, 1.82) is 0 Å². The SMILES string of the molecule is CCCN(Cc1ccsc1)S(=O)(=O)c1ccc(Cl)s1. The van der Waals surface area contributed by atoms with E-state index >= 15 is 0 Å². The molecule has 0 aromatic carbocycles. The first-order chi connectivity index (χ1) is 9.04. The molecule has 2 heterocycles. The molecule has 19 heavy (non-hydrogen) atoms. The van der Waals surface area contributed by atoms with Gasteiger partial charge in [-0.25, -0.2) is 8.42 Å². The summed E-state index contributed by atoms with van der Waals surface area (Å²) in [6.45, 7) is 2.89. The van der Waals surface area contributed by atoms with Gasteiger partial charge in [-0.3, -0.25) is 0 Å². The maximum Gasteiger partial charge on any atom is 0.252 e. The van der Waals surface area contributed by atoms with Crippen LogP contribution in [0.5, 0.6) is 0 Å². The number of sulfonamides is 1. The lowest BCUT2D eigenvalue weighted by atomic mass is 10.3. The van der Waals surface area contributed by atoms with Crippen molar-refractivity contribution in [2.45, 2.75) is 24.1 Å². The van der Waals surface area contributed by atoms with E-state index in [1.54, 1.807) is 23.5 Å². The average molecular weight is 336 g/mol. The minimum absolute atomic E-state index is 0.307. The van der Waals surface area contributed by atoms with Crippen LogP contribution in [0.4, 0.5) is 0 Å². The summed E-state index contributed by atoms with van der Waals surface area (Å²) in [4.78, 5) is 0. The van der Waals surface area contributed by atoms with Gasteiger partial charge in [0.05, 0.1) is 4.34 Å². The number of hydrogen-bond donors (Lipinski definition) is 0. The van der Waals surface area contributed by atoms with Crippen molar-refractivity contribution in [1.82, 2.24) is 4.31 Å². The van der Waals surface area contributed by atoms with Gasteiger partial charge in [-0.1, -0.05) is 18.5 Å². The second-order valence-electron chi connectivity index (χ2n) is 4.03. The largest absolute Gasteiger partial charge is 0.252 e. The predicted octanol–water partition coefficient (Wildman–Crippen LogP) is 4.06. The van der Waals surface area contributed by atoms with Crippen molar-refractivity contribution in [2.24, 2.45) is 0 Å². The van der Waals surface area contributed by atoms with Crippen molar-refractivity contribution in [3.63, 3.8) is 0 Å². The van der Waals surface area contributed by atoms with Crippen LogP contribution >= 0.6 is 34.3 Å². The topological polar surface area (TPSA) is 37.4 Å². The Bertz CT molecular complexity index is 619. The highest BCUT2D eigenvalue weighted by molar-refractivity contribution is 7.91. The molecule has 0 amide bonds. The molecule has 7 heteroatoms. The molecule has 0 saturated carbocycles. The maximum absolute atomic E-state index is 12.5. The highest BCUT2D eigenvalue weighted by Gasteiger charge is 2.25. The van der Waals surface area contributed by atoms with Gasteiger partial charge in [0.2, 0.25) is 0 Å². The molecule has 0 bridgehead atoms. The molecule has 0 unspecified atom stereocenters. The van der Waals surface area contributed by atoms with Gasteiger partial charge in [0.1, 0.15) is 4.21 Å². The fourth-order valence-corrected chi connectivity index (χ4v) is 5.50. The van der Waals surface area contributed by atoms with E-state index in [-0.39, 0.29) is 0 Å². The fraction of sp³-hybridized carbons (Fsp3) is 0.333. The Kier molecular flexibility index (Phi) is 5.03. The second-order valence-corrected chi connectivity index (χ2v) is 8.69. The third-order valence-electron chi connectivity index (χ3n) is 2.55. The minimum atomic E-state index is -3.45. The Balaban J connectivity index is 2.27. The van der Waals surface area contributed by atoms with Crippen molar-refractivity contribution < 1.29 is 8.42 Å². The summed E-state index contributed by atoms with van der Waals surface area (Å²) in [5.41, 5.74) is 1.02. The van der Waals surface area contributed by atoms with Gasteiger partial charge in [0, 0.05) is 13.1 Å². The predicted molar refractivity (Wildman–Crippen MR) is 81.5 cm³/mol.